The number of hydrazine groups is 1. The predicted octanol–water partition coefficient (Wildman–Crippen LogP) is 1.13. The zero-order valence-electron chi connectivity index (χ0n) is 8.76. The number of aromatic nitrogens is 3. The second-order valence-corrected chi connectivity index (χ2v) is 4.24. The molecule has 2 aromatic rings. The predicted molar refractivity (Wildman–Crippen MR) is 64.3 cm³/mol. The van der Waals surface area contributed by atoms with Gasteiger partial charge < -0.3 is 0 Å². The first-order valence-electron chi connectivity index (χ1n) is 4.78. The van der Waals surface area contributed by atoms with Crippen molar-refractivity contribution in [1.29, 1.82) is 0 Å². The van der Waals surface area contributed by atoms with Crippen LogP contribution in [0.25, 0.3) is 0 Å². The Labute approximate surface area is 102 Å². The topological polar surface area (TPSA) is 68.8 Å². The minimum atomic E-state index is -0.211. The van der Waals surface area contributed by atoms with Gasteiger partial charge in [0.25, 0.3) is 0 Å². The van der Waals surface area contributed by atoms with Gasteiger partial charge in [-0.25, -0.2) is 5.43 Å². The van der Waals surface area contributed by atoms with E-state index in [2.05, 4.69) is 31.4 Å². The summed E-state index contributed by atoms with van der Waals surface area (Å²) in [5.74, 6) is 5.55. The molecule has 0 aromatic carbocycles. The van der Waals surface area contributed by atoms with Gasteiger partial charge in [-0.05, 0) is 34.1 Å². The average molecular weight is 282 g/mol. The van der Waals surface area contributed by atoms with Crippen LogP contribution < -0.4 is 11.3 Å². The lowest BCUT2D eigenvalue weighted by Gasteiger charge is -2.14. The third kappa shape index (κ3) is 2.13. The van der Waals surface area contributed by atoms with Gasteiger partial charge in [0.2, 0.25) is 0 Å². The van der Waals surface area contributed by atoms with Crippen molar-refractivity contribution >= 4 is 15.9 Å². The van der Waals surface area contributed by atoms with Crippen LogP contribution >= 0.6 is 15.9 Å². The molecule has 0 saturated carbocycles. The maximum atomic E-state index is 5.55. The van der Waals surface area contributed by atoms with Gasteiger partial charge in [-0.1, -0.05) is 0 Å². The molecule has 0 saturated heterocycles. The molecule has 2 heterocycles. The van der Waals surface area contributed by atoms with Crippen LogP contribution in [0.5, 0.6) is 0 Å². The van der Waals surface area contributed by atoms with E-state index in [9.17, 15) is 0 Å². The standard InChI is InChI=1S/C10H12BrN5/c1-16-6-4-8(15-16)10(14-12)9-7(11)3-2-5-13-9/h2-6,10,14H,12H2,1H3. The normalized spacial score (nSPS) is 12.7. The fraction of sp³-hybridized carbons (Fsp3) is 0.200. The molecule has 0 spiro atoms. The number of halogens is 1. The van der Waals surface area contributed by atoms with Gasteiger partial charge in [0, 0.05) is 23.9 Å². The first kappa shape index (κ1) is 11.3. The molecular formula is C10H12BrN5. The molecule has 0 aliphatic carbocycles. The minimum absolute atomic E-state index is 0.211. The number of nitrogens with one attached hydrogen (secondary N) is 1. The number of hydrogen-bond donors (Lipinski definition) is 2. The van der Waals surface area contributed by atoms with Crippen molar-refractivity contribution in [3.8, 4) is 0 Å². The Morgan fingerprint density at radius 1 is 1.50 bits per heavy atom. The molecule has 0 aliphatic rings. The van der Waals surface area contributed by atoms with Crippen molar-refractivity contribution < 1.29 is 0 Å². The fourth-order valence-corrected chi connectivity index (χ4v) is 1.99. The summed E-state index contributed by atoms with van der Waals surface area (Å²) < 4.78 is 2.64. The van der Waals surface area contributed by atoms with E-state index in [1.807, 2.05) is 31.4 Å². The highest BCUT2D eigenvalue weighted by molar-refractivity contribution is 9.10. The molecule has 0 aliphatic heterocycles. The molecule has 84 valence electrons. The Morgan fingerprint density at radius 3 is 2.88 bits per heavy atom. The summed E-state index contributed by atoms with van der Waals surface area (Å²) in [7, 11) is 1.87. The highest BCUT2D eigenvalue weighted by atomic mass is 79.9. The van der Waals surface area contributed by atoms with Crippen LogP contribution in [0.1, 0.15) is 17.4 Å². The minimum Gasteiger partial charge on any atom is -0.275 e. The van der Waals surface area contributed by atoms with Crippen LogP contribution in [0.2, 0.25) is 0 Å². The van der Waals surface area contributed by atoms with Gasteiger partial charge in [0.05, 0.1) is 11.4 Å². The first-order chi connectivity index (χ1) is 7.72. The molecule has 16 heavy (non-hydrogen) atoms. The summed E-state index contributed by atoms with van der Waals surface area (Å²) in [6, 6.07) is 5.48. The molecule has 2 rings (SSSR count). The lowest BCUT2D eigenvalue weighted by atomic mass is 10.1. The Hall–Kier alpha value is -1.24. The second-order valence-electron chi connectivity index (χ2n) is 3.38. The van der Waals surface area contributed by atoms with Gasteiger partial charge in [-0.3, -0.25) is 15.5 Å². The lowest BCUT2D eigenvalue weighted by molar-refractivity contribution is 0.588. The van der Waals surface area contributed by atoms with Crippen LogP contribution in [-0.2, 0) is 7.05 Å². The summed E-state index contributed by atoms with van der Waals surface area (Å²) in [5.41, 5.74) is 4.38. The van der Waals surface area contributed by atoms with Gasteiger partial charge in [0.15, 0.2) is 0 Å². The van der Waals surface area contributed by atoms with E-state index in [1.165, 1.54) is 0 Å². The van der Waals surface area contributed by atoms with Crippen molar-refractivity contribution in [2.24, 2.45) is 12.9 Å². The molecule has 2 aromatic heterocycles. The first-order valence-corrected chi connectivity index (χ1v) is 5.57. The van der Waals surface area contributed by atoms with Crippen LogP contribution in [0, 0.1) is 0 Å². The third-order valence-corrected chi connectivity index (χ3v) is 2.93. The van der Waals surface area contributed by atoms with E-state index >= 15 is 0 Å². The Kier molecular flexibility index (Phi) is 3.33. The zero-order chi connectivity index (χ0) is 11.5. The largest absolute Gasteiger partial charge is 0.275 e. The number of hydrogen-bond acceptors (Lipinski definition) is 4. The van der Waals surface area contributed by atoms with Crippen LogP contribution in [0.3, 0.4) is 0 Å². The van der Waals surface area contributed by atoms with Gasteiger partial charge in [-0.2, -0.15) is 5.10 Å². The number of nitrogens with two attached hydrogens (primary N) is 1. The van der Waals surface area contributed by atoms with Crippen molar-refractivity contribution in [1.82, 2.24) is 20.2 Å². The molecule has 0 amide bonds. The van der Waals surface area contributed by atoms with Crippen LogP contribution in [0.4, 0.5) is 0 Å². The third-order valence-electron chi connectivity index (χ3n) is 2.26. The van der Waals surface area contributed by atoms with E-state index in [1.54, 1.807) is 10.9 Å². The Balaban J connectivity index is 2.40. The van der Waals surface area contributed by atoms with Crippen molar-refractivity contribution in [3.63, 3.8) is 0 Å². The maximum Gasteiger partial charge on any atom is 0.108 e. The number of rotatable bonds is 3. The summed E-state index contributed by atoms with van der Waals surface area (Å²) in [4.78, 5) is 4.30. The average Bonchev–Trinajstić information content (AvgIpc) is 2.69. The lowest BCUT2D eigenvalue weighted by Crippen LogP contribution is -2.30. The molecule has 6 heteroatoms. The molecule has 0 fully saturated rings. The van der Waals surface area contributed by atoms with E-state index in [4.69, 9.17) is 5.84 Å². The molecule has 5 nitrogen and oxygen atoms in total. The zero-order valence-corrected chi connectivity index (χ0v) is 10.3. The number of aryl methyl sites for hydroxylation is 1. The molecule has 1 atom stereocenters. The summed E-state index contributed by atoms with van der Waals surface area (Å²) in [5, 5.41) is 4.31. The fourth-order valence-electron chi connectivity index (χ4n) is 1.50. The highest BCUT2D eigenvalue weighted by Gasteiger charge is 2.18. The van der Waals surface area contributed by atoms with Crippen LogP contribution in [0.15, 0.2) is 35.1 Å². The maximum absolute atomic E-state index is 5.55. The van der Waals surface area contributed by atoms with Crippen molar-refractivity contribution in [2.45, 2.75) is 6.04 Å². The monoisotopic (exact) mass is 281 g/mol. The van der Waals surface area contributed by atoms with Gasteiger partial charge in [0.1, 0.15) is 6.04 Å². The van der Waals surface area contributed by atoms with Gasteiger partial charge >= 0.3 is 0 Å². The molecule has 1 unspecified atom stereocenters. The Bertz CT molecular complexity index is 482. The highest BCUT2D eigenvalue weighted by Crippen LogP contribution is 2.24. The van der Waals surface area contributed by atoms with Crippen LogP contribution in [-0.4, -0.2) is 14.8 Å². The second kappa shape index (κ2) is 4.73. The molecule has 0 radical (unpaired) electrons. The summed E-state index contributed by atoms with van der Waals surface area (Å²) in [6.07, 6.45) is 3.60. The van der Waals surface area contributed by atoms with E-state index in [0.29, 0.717) is 0 Å². The molecular weight excluding hydrogens is 270 g/mol. The van der Waals surface area contributed by atoms with Crippen molar-refractivity contribution in [2.75, 3.05) is 0 Å². The van der Waals surface area contributed by atoms with Gasteiger partial charge in [-0.15, -0.1) is 0 Å². The van der Waals surface area contributed by atoms with E-state index in [-0.39, 0.29) is 6.04 Å². The SMILES string of the molecule is Cn1ccc(C(NN)c2ncccc2Br)n1. The summed E-state index contributed by atoms with van der Waals surface area (Å²) in [6.45, 7) is 0. The number of nitrogens with zero attached hydrogens (tertiary/aromatic N) is 3. The van der Waals surface area contributed by atoms with Crippen molar-refractivity contribution in [3.05, 3.63) is 46.5 Å². The number of pyridine rings is 1. The quantitative estimate of drug-likeness (QED) is 0.654. The summed E-state index contributed by atoms with van der Waals surface area (Å²) >= 11 is 3.45. The van der Waals surface area contributed by atoms with E-state index < -0.39 is 0 Å². The molecule has 3 N–H and O–H groups in total. The molecule has 0 bridgehead atoms. The van der Waals surface area contributed by atoms with E-state index in [0.717, 1.165) is 15.9 Å². The smallest absolute Gasteiger partial charge is 0.108 e. The Morgan fingerprint density at radius 2 is 2.31 bits per heavy atom.